The van der Waals surface area contributed by atoms with E-state index in [1.807, 2.05) is 0 Å². The van der Waals surface area contributed by atoms with Gasteiger partial charge in [0.1, 0.15) is 5.75 Å². The number of phenols is 6. The Bertz CT molecular complexity index is 683. The zero-order valence-electron chi connectivity index (χ0n) is 9.90. The van der Waals surface area contributed by atoms with E-state index < -0.39 is 45.8 Å². The quantitative estimate of drug-likeness (QED) is 0.275. The van der Waals surface area contributed by atoms with Crippen molar-refractivity contribution in [2.75, 3.05) is 0 Å². The molecule has 20 heavy (non-hydrogen) atoms. The van der Waals surface area contributed by atoms with Crippen molar-refractivity contribution in [2.45, 2.75) is 0 Å². The summed E-state index contributed by atoms with van der Waals surface area (Å²) in [6.45, 7) is 0. The van der Waals surface area contributed by atoms with Crippen LogP contribution in [0.5, 0.6) is 34.5 Å². The second kappa shape index (κ2) is 4.54. The van der Waals surface area contributed by atoms with Crippen molar-refractivity contribution in [3.8, 4) is 34.5 Å². The van der Waals surface area contributed by atoms with Gasteiger partial charge >= 0.3 is 0 Å². The lowest BCUT2D eigenvalue weighted by Gasteiger charge is -2.08. The SMILES string of the molecule is O=C(c1cc(O)c(O)c(O)c1)c1cc(O)cc(O)c1O. The molecule has 2 aromatic rings. The molecule has 0 amide bonds. The molecule has 0 fully saturated rings. The molecule has 2 rings (SSSR count). The molecule has 0 heterocycles. The molecule has 7 nitrogen and oxygen atoms in total. The normalized spacial score (nSPS) is 10.4. The van der Waals surface area contributed by atoms with Gasteiger partial charge in [0.2, 0.25) is 0 Å². The van der Waals surface area contributed by atoms with E-state index in [2.05, 4.69) is 0 Å². The monoisotopic (exact) mass is 278 g/mol. The van der Waals surface area contributed by atoms with E-state index in [1.54, 1.807) is 0 Å². The van der Waals surface area contributed by atoms with Gasteiger partial charge in [-0.3, -0.25) is 4.79 Å². The molecule has 0 aliphatic rings. The number of ketones is 1. The molecule has 0 bridgehead atoms. The van der Waals surface area contributed by atoms with Crippen LogP contribution in [-0.2, 0) is 0 Å². The Morgan fingerprint density at radius 3 is 1.75 bits per heavy atom. The Hall–Kier alpha value is -3.09. The maximum atomic E-state index is 12.1. The summed E-state index contributed by atoms with van der Waals surface area (Å²) in [5, 5.41) is 56.1. The Morgan fingerprint density at radius 1 is 0.700 bits per heavy atom. The highest BCUT2D eigenvalue weighted by Gasteiger charge is 2.20. The number of phenolic OH excluding ortho intramolecular Hbond substituents is 6. The van der Waals surface area contributed by atoms with Gasteiger partial charge in [-0.05, 0) is 18.2 Å². The van der Waals surface area contributed by atoms with Gasteiger partial charge in [0.05, 0.1) is 5.56 Å². The number of carbonyl (C=O) groups is 1. The minimum Gasteiger partial charge on any atom is -0.508 e. The van der Waals surface area contributed by atoms with E-state index >= 15 is 0 Å². The standard InChI is InChI=1S/C13H10O7/c14-6-3-7(12(19)10(17)4-6)11(18)5-1-8(15)13(20)9(16)2-5/h1-4,14-17,19-20H. The Balaban J connectivity index is 2.58. The molecule has 0 unspecified atom stereocenters. The van der Waals surface area contributed by atoms with Gasteiger partial charge in [-0.15, -0.1) is 0 Å². The largest absolute Gasteiger partial charge is 0.508 e. The maximum Gasteiger partial charge on any atom is 0.200 e. The first-order chi connectivity index (χ1) is 9.31. The predicted octanol–water partition coefficient (Wildman–Crippen LogP) is 1.15. The van der Waals surface area contributed by atoms with E-state index in [9.17, 15) is 35.4 Å². The highest BCUT2D eigenvalue weighted by atomic mass is 16.3. The third kappa shape index (κ3) is 2.12. The van der Waals surface area contributed by atoms with Gasteiger partial charge in [0.15, 0.2) is 34.5 Å². The van der Waals surface area contributed by atoms with Crippen molar-refractivity contribution in [3.63, 3.8) is 0 Å². The van der Waals surface area contributed by atoms with E-state index in [4.69, 9.17) is 0 Å². The van der Waals surface area contributed by atoms with Gasteiger partial charge in [-0.1, -0.05) is 0 Å². The van der Waals surface area contributed by atoms with Gasteiger partial charge in [0.25, 0.3) is 0 Å². The summed E-state index contributed by atoms with van der Waals surface area (Å²) < 4.78 is 0. The van der Waals surface area contributed by atoms with E-state index in [0.717, 1.165) is 24.3 Å². The van der Waals surface area contributed by atoms with Crippen LogP contribution in [0.15, 0.2) is 24.3 Å². The molecule has 0 aliphatic heterocycles. The molecule has 0 saturated heterocycles. The number of rotatable bonds is 2. The van der Waals surface area contributed by atoms with Crippen molar-refractivity contribution >= 4 is 5.78 Å². The topological polar surface area (TPSA) is 138 Å². The molecule has 6 N–H and O–H groups in total. The maximum absolute atomic E-state index is 12.1. The highest BCUT2D eigenvalue weighted by Crippen LogP contribution is 2.38. The molecule has 7 heteroatoms. The molecule has 104 valence electrons. The summed E-state index contributed by atoms with van der Waals surface area (Å²) in [5.41, 5.74) is -0.676. The lowest BCUT2D eigenvalue weighted by atomic mass is 10.0. The minimum atomic E-state index is -0.876. The zero-order chi connectivity index (χ0) is 15.0. The first kappa shape index (κ1) is 13.3. The first-order valence-electron chi connectivity index (χ1n) is 5.36. The average Bonchev–Trinajstić information content (AvgIpc) is 2.38. The number of hydrogen-bond donors (Lipinski definition) is 6. The van der Waals surface area contributed by atoms with Gasteiger partial charge in [-0.2, -0.15) is 0 Å². The van der Waals surface area contributed by atoms with Crippen molar-refractivity contribution < 1.29 is 35.4 Å². The van der Waals surface area contributed by atoms with E-state index in [-0.39, 0.29) is 5.56 Å². The van der Waals surface area contributed by atoms with Crippen LogP contribution in [0.25, 0.3) is 0 Å². The Morgan fingerprint density at radius 2 is 1.20 bits per heavy atom. The first-order valence-corrected chi connectivity index (χ1v) is 5.36. The summed E-state index contributed by atoms with van der Waals surface area (Å²) in [4.78, 5) is 12.1. The Labute approximate surface area is 112 Å². The van der Waals surface area contributed by atoms with E-state index in [1.165, 1.54) is 0 Å². The molecule has 0 radical (unpaired) electrons. The van der Waals surface area contributed by atoms with Gasteiger partial charge in [0, 0.05) is 11.6 Å². The molecule has 0 aliphatic carbocycles. The van der Waals surface area contributed by atoms with Gasteiger partial charge in [-0.25, -0.2) is 0 Å². The second-order valence-electron chi connectivity index (χ2n) is 4.05. The summed E-state index contributed by atoms with van der Waals surface area (Å²) in [5.74, 6) is -5.01. The Kier molecular flexibility index (Phi) is 3.03. The van der Waals surface area contributed by atoms with Crippen LogP contribution in [0.1, 0.15) is 15.9 Å². The number of carbonyl (C=O) groups excluding carboxylic acids is 1. The molecular formula is C13H10O7. The highest BCUT2D eigenvalue weighted by molar-refractivity contribution is 6.11. The molecular weight excluding hydrogens is 268 g/mol. The van der Waals surface area contributed by atoms with Crippen LogP contribution in [0.4, 0.5) is 0 Å². The lowest BCUT2D eigenvalue weighted by molar-refractivity contribution is 0.103. The average molecular weight is 278 g/mol. The van der Waals surface area contributed by atoms with Crippen LogP contribution in [-0.4, -0.2) is 36.4 Å². The fourth-order valence-electron chi connectivity index (χ4n) is 1.67. The van der Waals surface area contributed by atoms with Crippen molar-refractivity contribution in [3.05, 3.63) is 35.4 Å². The second-order valence-corrected chi connectivity index (χ2v) is 4.05. The summed E-state index contributed by atoms with van der Waals surface area (Å²) >= 11 is 0. The minimum absolute atomic E-state index is 0.252. The number of hydrogen-bond acceptors (Lipinski definition) is 7. The van der Waals surface area contributed by atoms with Crippen LogP contribution in [0.3, 0.4) is 0 Å². The fourth-order valence-corrected chi connectivity index (χ4v) is 1.67. The van der Waals surface area contributed by atoms with Crippen LogP contribution < -0.4 is 0 Å². The summed E-state index contributed by atoms with van der Waals surface area (Å²) in [6, 6.07) is 3.51. The molecule has 0 spiro atoms. The number of benzene rings is 2. The van der Waals surface area contributed by atoms with Crippen LogP contribution in [0, 0.1) is 0 Å². The van der Waals surface area contributed by atoms with Crippen molar-refractivity contribution in [1.29, 1.82) is 0 Å². The predicted molar refractivity (Wildman–Crippen MR) is 66.3 cm³/mol. The fraction of sp³-hybridized carbons (Fsp3) is 0. The summed E-state index contributed by atoms with van der Waals surface area (Å²) in [7, 11) is 0. The van der Waals surface area contributed by atoms with Crippen LogP contribution in [0.2, 0.25) is 0 Å². The van der Waals surface area contributed by atoms with Crippen LogP contribution >= 0.6 is 0 Å². The lowest BCUT2D eigenvalue weighted by Crippen LogP contribution is -2.01. The zero-order valence-corrected chi connectivity index (χ0v) is 9.90. The molecule has 2 aromatic carbocycles. The molecule has 0 aromatic heterocycles. The van der Waals surface area contributed by atoms with Gasteiger partial charge < -0.3 is 30.6 Å². The summed E-state index contributed by atoms with van der Waals surface area (Å²) in [6.07, 6.45) is 0. The smallest absolute Gasteiger partial charge is 0.200 e. The third-order valence-corrected chi connectivity index (χ3v) is 2.65. The number of aromatic hydroxyl groups is 6. The van der Waals surface area contributed by atoms with Crippen molar-refractivity contribution in [2.24, 2.45) is 0 Å². The van der Waals surface area contributed by atoms with Crippen molar-refractivity contribution in [1.82, 2.24) is 0 Å². The third-order valence-electron chi connectivity index (χ3n) is 2.65. The van der Waals surface area contributed by atoms with E-state index in [0.29, 0.717) is 0 Å². The molecule has 0 atom stereocenters. The molecule has 0 saturated carbocycles.